The van der Waals surface area contributed by atoms with E-state index in [9.17, 15) is 14.1 Å². The highest BCUT2D eigenvalue weighted by Crippen LogP contribution is 2.70. The molecule has 2 aliphatic heterocycles. The second kappa shape index (κ2) is 2.79. The average molecular weight is 224 g/mol. The van der Waals surface area contributed by atoms with E-state index in [1.807, 2.05) is 0 Å². The fourth-order valence-electron chi connectivity index (χ4n) is 1.70. The molecule has 74 valence electrons. The van der Waals surface area contributed by atoms with E-state index in [0.717, 1.165) is 0 Å². The van der Waals surface area contributed by atoms with Crippen molar-refractivity contribution in [1.82, 2.24) is 0 Å². The number of hydrogen-bond donors (Lipinski definition) is 3. The number of hydrogen-bond acceptors (Lipinski definition) is 3. The average Bonchev–Trinajstić information content (AvgIpc) is 2.66. The maximum absolute atomic E-state index is 11.3. The fourth-order valence-corrected chi connectivity index (χ4v) is 9.12. The van der Waals surface area contributed by atoms with Gasteiger partial charge in [0.25, 0.3) is 0 Å². The lowest BCUT2D eigenvalue weighted by Crippen LogP contribution is -2.27. The molecule has 0 saturated carbocycles. The Hall–Kier alpha value is -0.400. The molecule has 5 nitrogen and oxygen atoms in total. The van der Waals surface area contributed by atoms with Gasteiger partial charge in [0.1, 0.15) is 16.9 Å². The zero-order valence-electron chi connectivity index (χ0n) is 6.41. The van der Waals surface area contributed by atoms with Gasteiger partial charge in [-0.1, -0.05) is 9.93 Å². The van der Waals surface area contributed by atoms with Crippen molar-refractivity contribution < 1.29 is 24.4 Å². The Morgan fingerprint density at radius 3 is 2.38 bits per heavy atom. The molecule has 0 bridgehead atoms. The van der Waals surface area contributed by atoms with Crippen LogP contribution in [0.1, 0.15) is 0 Å². The van der Waals surface area contributed by atoms with Crippen molar-refractivity contribution in [3.8, 4) is 0 Å². The van der Waals surface area contributed by atoms with Crippen molar-refractivity contribution in [2.24, 2.45) is 5.92 Å². The van der Waals surface area contributed by atoms with E-state index in [4.69, 9.17) is 10.2 Å². The summed E-state index contributed by atoms with van der Waals surface area (Å²) in [5, 5.41) is 16.4. The molecule has 0 aromatic carbocycles. The largest absolute Gasteiger partial charge is 0.607 e. The monoisotopic (exact) mass is 224 g/mol. The van der Waals surface area contributed by atoms with Gasteiger partial charge in [-0.3, -0.25) is 9.59 Å². The second-order valence-electron chi connectivity index (χ2n) is 3.07. The van der Waals surface area contributed by atoms with Crippen LogP contribution in [0.4, 0.5) is 0 Å². The Morgan fingerprint density at radius 2 is 2.00 bits per heavy atom. The van der Waals surface area contributed by atoms with Crippen LogP contribution in [0.3, 0.4) is 0 Å². The molecule has 2 saturated heterocycles. The molecule has 2 N–H and O–H groups in total. The quantitative estimate of drug-likeness (QED) is 0.247. The normalized spacial score (nSPS) is 49.8. The van der Waals surface area contributed by atoms with Gasteiger partial charge < -0.3 is 14.8 Å². The third-order valence-electron chi connectivity index (χ3n) is 2.34. The first kappa shape index (κ1) is 9.17. The first-order chi connectivity index (χ1) is 6.04. The van der Waals surface area contributed by atoms with Crippen LogP contribution in [-0.2, 0) is 19.8 Å². The molecule has 2 rings (SSSR count). The van der Waals surface area contributed by atoms with Crippen LogP contribution < -0.4 is 0 Å². The van der Waals surface area contributed by atoms with Crippen molar-refractivity contribution in [2.45, 2.75) is 10.5 Å². The Balaban J connectivity index is 2.14. The minimum absolute atomic E-state index is 0.148. The van der Waals surface area contributed by atoms with Gasteiger partial charge in [-0.25, -0.2) is 0 Å². The summed E-state index contributed by atoms with van der Waals surface area (Å²) in [6.07, 6.45) is 0. The number of carbonyl (C=O) groups is 2. The summed E-state index contributed by atoms with van der Waals surface area (Å²) in [5.41, 5.74) is 0. The number of thiol groups is 1. The molecule has 13 heavy (non-hydrogen) atoms. The lowest BCUT2D eigenvalue weighted by Gasteiger charge is -2.09. The van der Waals surface area contributed by atoms with Gasteiger partial charge >= 0.3 is 11.9 Å². The van der Waals surface area contributed by atoms with Gasteiger partial charge in [0.15, 0.2) is 0 Å². The Labute approximate surface area is 79.0 Å². The molecule has 5 atom stereocenters. The van der Waals surface area contributed by atoms with Gasteiger partial charge in [0.2, 0.25) is 0 Å². The molecule has 5 unspecified atom stereocenters. The second-order valence-corrected chi connectivity index (χ2v) is 8.40. The van der Waals surface area contributed by atoms with E-state index in [-0.39, 0.29) is 11.0 Å². The number of aliphatic carboxylic acids is 2. The zero-order chi connectivity index (χ0) is 9.75. The number of carboxylic acid groups (broad SMARTS) is 2. The highest BCUT2D eigenvalue weighted by atomic mass is 33.2. The van der Waals surface area contributed by atoms with Gasteiger partial charge in [-0.05, 0) is 10.2 Å². The third-order valence-corrected chi connectivity index (χ3v) is 8.72. The lowest BCUT2D eigenvalue weighted by molar-refractivity contribution is -0.141. The van der Waals surface area contributed by atoms with Gasteiger partial charge in [-0.2, -0.15) is 0 Å². The minimum Gasteiger partial charge on any atom is -0.607 e. The Morgan fingerprint density at radius 1 is 1.38 bits per heavy atom. The Bertz CT molecular complexity index is 280. The molecule has 0 radical (unpaired) electrons. The molecule has 2 fully saturated rings. The topological polar surface area (TPSA) is 97.7 Å². The van der Waals surface area contributed by atoms with Gasteiger partial charge in [-0.15, -0.1) is 0 Å². The van der Waals surface area contributed by atoms with Crippen LogP contribution in [0.25, 0.3) is 0 Å². The maximum atomic E-state index is 11.3. The highest BCUT2D eigenvalue weighted by Gasteiger charge is 2.70. The summed E-state index contributed by atoms with van der Waals surface area (Å²) in [4.78, 5) is 21.2. The number of fused-ring (bicyclic) bond motifs is 1. The van der Waals surface area contributed by atoms with Crippen LogP contribution in [-0.4, -0.2) is 43.0 Å². The van der Waals surface area contributed by atoms with Crippen LogP contribution in [0, 0.1) is 5.92 Å². The number of rotatable bonds is 2. The van der Waals surface area contributed by atoms with Crippen molar-refractivity contribution in [1.29, 1.82) is 0 Å². The van der Waals surface area contributed by atoms with E-state index in [0.29, 0.717) is 0 Å². The van der Waals surface area contributed by atoms with Gasteiger partial charge in [0, 0.05) is 0 Å². The van der Waals surface area contributed by atoms with Crippen LogP contribution in [0.2, 0.25) is 0 Å². The molecular formula is C6H8O5S2. The molecule has 7 heteroatoms. The summed E-state index contributed by atoms with van der Waals surface area (Å²) in [6.45, 7) is 0. The molecule has 0 amide bonds. The summed E-state index contributed by atoms with van der Waals surface area (Å²) < 4.78 is 11.3. The molecule has 0 aliphatic carbocycles. The maximum Gasteiger partial charge on any atom is 0.320 e. The zero-order valence-corrected chi connectivity index (χ0v) is 8.12. The molecule has 0 aromatic rings. The van der Waals surface area contributed by atoms with Crippen LogP contribution >= 0.6 is 9.93 Å². The molecule has 2 aliphatic rings. The van der Waals surface area contributed by atoms with Crippen molar-refractivity contribution in [3.05, 3.63) is 0 Å². The molecule has 0 aromatic heterocycles. The lowest BCUT2D eigenvalue weighted by atomic mass is 10.1. The first-order valence-corrected chi connectivity index (χ1v) is 7.07. The van der Waals surface area contributed by atoms with E-state index < -0.39 is 43.2 Å². The van der Waals surface area contributed by atoms with E-state index in [1.54, 1.807) is 0 Å². The fraction of sp³-hybridized carbons (Fsp3) is 0.667. The van der Waals surface area contributed by atoms with E-state index in [2.05, 4.69) is 0 Å². The predicted octanol–water partition coefficient (Wildman–Crippen LogP) is -0.799. The predicted molar refractivity (Wildman–Crippen MR) is 48.3 cm³/mol. The summed E-state index contributed by atoms with van der Waals surface area (Å²) >= 11 is 0. The van der Waals surface area contributed by atoms with E-state index >= 15 is 0 Å². The van der Waals surface area contributed by atoms with E-state index in [1.165, 1.54) is 0 Å². The third kappa shape index (κ3) is 1.22. The van der Waals surface area contributed by atoms with Gasteiger partial charge in [0.05, 0.1) is 5.25 Å². The molecular weight excluding hydrogens is 216 g/mol. The molecule has 2 heterocycles. The standard InChI is InChI=1S/C6H8O5S2/c7-5(8)2-1-12(11)13-3(2)4(13)6(9)10/h2-4,13H,1H2,(H,7,8)(H,9,10). The van der Waals surface area contributed by atoms with Crippen molar-refractivity contribution in [3.63, 3.8) is 0 Å². The summed E-state index contributed by atoms with van der Waals surface area (Å²) in [7, 11) is -2.23. The van der Waals surface area contributed by atoms with Crippen molar-refractivity contribution >= 4 is 32.1 Å². The van der Waals surface area contributed by atoms with Crippen LogP contribution in [0.5, 0.6) is 0 Å². The SMILES string of the molecule is O=C(O)C1C[S+]([O-])[SH]2C(C(=O)O)C12. The first-order valence-electron chi connectivity index (χ1n) is 3.66. The van der Waals surface area contributed by atoms with Crippen molar-refractivity contribution in [2.75, 3.05) is 5.75 Å². The highest BCUT2D eigenvalue weighted by molar-refractivity contribution is 8.85. The Kier molecular flexibility index (Phi) is 1.97. The summed E-state index contributed by atoms with van der Waals surface area (Å²) in [5.74, 6) is -2.54. The summed E-state index contributed by atoms with van der Waals surface area (Å²) in [6, 6.07) is 0. The van der Waals surface area contributed by atoms with Crippen LogP contribution in [0.15, 0.2) is 0 Å². The molecule has 0 spiro atoms. The minimum atomic E-state index is -1.19. The smallest absolute Gasteiger partial charge is 0.320 e. The number of carboxylic acids is 2.